The van der Waals surface area contributed by atoms with Gasteiger partial charge in [0, 0.05) is 31.5 Å². The second-order valence-electron chi connectivity index (χ2n) is 7.34. The van der Waals surface area contributed by atoms with Gasteiger partial charge in [-0.15, -0.1) is 0 Å². The van der Waals surface area contributed by atoms with Crippen molar-refractivity contribution in [3.05, 3.63) is 70.5 Å². The number of benzene rings is 1. The molecule has 2 aromatic heterocycles. The van der Waals surface area contributed by atoms with E-state index in [1.807, 2.05) is 0 Å². The maximum absolute atomic E-state index is 13.1. The summed E-state index contributed by atoms with van der Waals surface area (Å²) in [6.45, 7) is 3.60. The van der Waals surface area contributed by atoms with E-state index in [0.717, 1.165) is 24.9 Å². The van der Waals surface area contributed by atoms with Crippen LogP contribution < -0.4 is 10.2 Å². The molecule has 7 nitrogen and oxygen atoms in total. The zero-order chi connectivity index (χ0) is 21.1. The van der Waals surface area contributed by atoms with Crippen molar-refractivity contribution in [1.82, 2.24) is 25.1 Å². The van der Waals surface area contributed by atoms with Gasteiger partial charge in [-0.05, 0) is 43.5 Å². The minimum absolute atomic E-state index is 0.0361. The third-order valence-electron chi connectivity index (χ3n) is 5.13. The molecular formula is C21H22ClFN6O. The average Bonchev–Trinajstić information content (AvgIpc) is 3.03. The summed E-state index contributed by atoms with van der Waals surface area (Å²) in [6.07, 6.45) is 5.22. The van der Waals surface area contributed by atoms with Crippen LogP contribution in [0.1, 0.15) is 34.5 Å². The van der Waals surface area contributed by atoms with Gasteiger partial charge < -0.3 is 10.2 Å². The van der Waals surface area contributed by atoms with Gasteiger partial charge in [0.05, 0.1) is 17.8 Å². The summed E-state index contributed by atoms with van der Waals surface area (Å²) in [4.78, 5) is 23.6. The normalized spacial score (nSPS) is 16.5. The van der Waals surface area contributed by atoms with Crippen LogP contribution in [0.25, 0.3) is 0 Å². The molecule has 1 N–H and O–H groups in total. The number of nitrogens with zero attached hydrogens (tertiary/aromatic N) is 5. The van der Waals surface area contributed by atoms with Crippen LogP contribution in [0.4, 0.5) is 10.3 Å². The topological polar surface area (TPSA) is 75.9 Å². The smallest absolute Gasteiger partial charge is 0.256 e. The number of aromatic nitrogens is 4. The first kappa shape index (κ1) is 20.3. The lowest BCUT2D eigenvalue weighted by atomic mass is 10.1. The van der Waals surface area contributed by atoms with Crippen LogP contribution in [-0.4, -0.2) is 44.8 Å². The molecule has 1 atom stereocenters. The number of rotatable bonds is 5. The molecule has 0 saturated carbocycles. The van der Waals surface area contributed by atoms with Gasteiger partial charge in [0.2, 0.25) is 5.95 Å². The van der Waals surface area contributed by atoms with E-state index < -0.39 is 0 Å². The maximum atomic E-state index is 13.1. The fourth-order valence-electron chi connectivity index (χ4n) is 3.67. The van der Waals surface area contributed by atoms with E-state index in [9.17, 15) is 9.18 Å². The molecule has 0 spiro atoms. The number of hydrogen-bond acceptors (Lipinski definition) is 5. The Morgan fingerprint density at radius 3 is 2.73 bits per heavy atom. The first-order chi connectivity index (χ1) is 14.5. The van der Waals surface area contributed by atoms with Crippen molar-refractivity contribution in [3.63, 3.8) is 0 Å². The Balaban J connectivity index is 1.45. The van der Waals surface area contributed by atoms with Crippen LogP contribution >= 0.6 is 11.6 Å². The zero-order valence-corrected chi connectivity index (χ0v) is 17.3. The highest BCUT2D eigenvalue weighted by Gasteiger charge is 2.26. The molecule has 3 heterocycles. The van der Waals surface area contributed by atoms with E-state index in [-0.39, 0.29) is 22.9 Å². The fourth-order valence-corrected chi connectivity index (χ4v) is 3.99. The van der Waals surface area contributed by atoms with Crippen LogP contribution in [0.3, 0.4) is 0 Å². The Hall–Kier alpha value is -3.00. The van der Waals surface area contributed by atoms with Crippen molar-refractivity contribution in [2.45, 2.75) is 32.4 Å². The quantitative estimate of drug-likeness (QED) is 0.675. The molecule has 3 aromatic rings. The lowest BCUT2D eigenvalue weighted by Crippen LogP contribution is -2.48. The maximum Gasteiger partial charge on any atom is 0.256 e. The molecule has 0 aliphatic carbocycles. The second-order valence-corrected chi connectivity index (χ2v) is 7.70. The summed E-state index contributed by atoms with van der Waals surface area (Å²) in [5, 5.41) is 7.75. The largest absolute Gasteiger partial charge is 0.347 e. The van der Waals surface area contributed by atoms with Crippen LogP contribution in [-0.2, 0) is 6.54 Å². The summed E-state index contributed by atoms with van der Waals surface area (Å²) >= 11 is 6.48. The van der Waals surface area contributed by atoms with E-state index in [1.165, 1.54) is 12.1 Å². The molecule has 30 heavy (non-hydrogen) atoms. The highest BCUT2D eigenvalue weighted by molar-refractivity contribution is 6.33. The number of amides is 1. The summed E-state index contributed by atoms with van der Waals surface area (Å²) in [5.41, 5.74) is 1.77. The summed E-state index contributed by atoms with van der Waals surface area (Å²) in [7, 11) is 0. The van der Waals surface area contributed by atoms with E-state index in [2.05, 4.69) is 25.3 Å². The summed E-state index contributed by atoms with van der Waals surface area (Å²) < 4.78 is 14.7. The van der Waals surface area contributed by atoms with Crippen LogP contribution in [0, 0.1) is 12.7 Å². The highest BCUT2D eigenvalue weighted by atomic mass is 35.5. The first-order valence-electron chi connectivity index (χ1n) is 9.81. The third kappa shape index (κ3) is 4.43. The van der Waals surface area contributed by atoms with Gasteiger partial charge in [-0.25, -0.2) is 19.0 Å². The lowest BCUT2D eigenvalue weighted by Gasteiger charge is -2.33. The molecular weight excluding hydrogens is 407 g/mol. The standard InChI is InChI=1S/C21H22ClFN6O/c1-14-18(19(22)29(27-14)12-15-5-7-16(23)8-6-15)20(30)26-17-4-2-11-28(13-17)21-24-9-3-10-25-21/h3,5-10,17H,2,4,11-13H2,1H3,(H,26,30). The van der Waals surface area contributed by atoms with Crippen molar-refractivity contribution in [2.75, 3.05) is 18.0 Å². The van der Waals surface area contributed by atoms with E-state index in [4.69, 9.17) is 11.6 Å². The predicted molar refractivity (Wildman–Crippen MR) is 112 cm³/mol. The number of nitrogens with one attached hydrogen (secondary N) is 1. The van der Waals surface area contributed by atoms with Gasteiger partial charge in [-0.1, -0.05) is 23.7 Å². The molecule has 1 unspecified atom stereocenters. The monoisotopic (exact) mass is 428 g/mol. The molecule has 1 amide bonds. The van der Waals surface area contributed by atoms with Gasteiger partial charge in [0.1, 0.15) is 11.0 Å². The Morgan fingerprint density at radius 1 is 1.27 bits per heavy atom. The molecule has 9 heteroatoms. The average molecular weight is 429 g/mol. The lowest BCUT2D eigenvalue weighted by molar-refractivity contribution is 0.0932. The summed E-state index contributed by atoms with van der Waals surface area (Å²) in [5.74, 6) is 0.116. The van der Waals surface area contributed by atoms with Crippen molar-refractivity contribution >= 4 is 23.5 Å². The van der Waals surface area contributed by atoms with Crippen molar-refractivity contribution in [3.8, 4) is 0 Å². The van der Waals surface area contributed by atoms with Gasteiger partial charge in [-0.2, -0.15) is 5.10 Å². The van der Waals surface area contributed by atoms with E-state index >= 15 is 0 Å². The molecule has 156 valence electrons. The number of anilines is 1. The predicted octanol–water partition coefficient (Wildman–Crippen LogP) is 3.22. The molecule has 1 saturated heterocycles. The molecule has 1 aliphatic rings. The van der Waals surface area contributed by atoms with Gasteiger partial charge >= 0.3 is 0 Å². The fraction of sp³-hybridized carbons (Fsp3) is 0.333. The molecule has 4 rings (SSSR count). The second kappa shape index (κ2) is 8.79. The minimum atomic E-state index is -0.302. The number of carbonyl (C=O) groups excluding carboxylic acids is 1. The van der Waals surface area contributed by atoms with Gasteiger partial charge in [-0.3, -0.25) is 4.79 Å². The van der Waals surface area contributed by atoms with Crippen LogP contribution in [0.5, 0.6) is 0 Å². The third-order valence-corrected chi connectivity index (χ3v) is 5.51. The van der Waals surface area contributed by atoms with Gasteiger partial charge in [0.15, 0.2) is 0 Å². The van der Waals surface area contributed by atoms with E-state index in [1.54, 1.807) is 42.2 Å². The Kier molecular flexibility index (Phi) is 5.94. The SMILES string of the molecule is Cc1nn(Cc2ccc(F)cc2)c(Cl)c1C(=O)NC1CCCN(c2ncccn2)C1. The highest BCUT2D eigenvalue weighted by Crippen LogP contribution is 2.22. The van der Waals surface area contributed by atoms with E-state index in [0.29, 0.717) is 30.3 Å². The molecule has 1 aromatic carbocycles. The molecule has 0 radical (unpaired) electrons. The first-order valence-corrected chi connectivity index (χ1v) is 10.2. The number of halogens is 2. The van der Waals surface area contributed by atoms with Crippen molar-refractivity contribution in [2.24, 2.45) is 0 Å². The molecule has 0 bridgehead atoms. The van der Waals surface area contributed by atoms with Crippen molar-refractivity contribution in [1.29, 1.82) is 0 Å². The Labute approximate surface area is 178 Å². The van der Waals surface area contributed by atoms with Gasteiger partial charge in [0.25, 0.3) is 5.91 Å². The molecule has 1 aliphatic heterocycles. The number of aryl methyl sites for hydroxylation is 1. The Bertz CT molecular complexity index is 1020. The van der Waals surface area contributed by atoms with Crippen molar-refractivity contribution < 1.29 is 9.18 Å². The Morgan fingerprint density at radius 2 is 2.00 bits per heavy atom. The summed E-state index contributed by atoms with van der Waals surface area (Å²) in [6, 6.07) is 7.86. The number of carbonyl (C=O) groups is 1. The number of hydrogen-bond donors (Lipinski definition) is 1. The van der Waals surface area contributed by atoms with Crippen LogP contribution in [0.2, 0.25) is 5.15 Å². The number of piperidine rings is 1. The molecule has 1 fully saturated rings. The van der Waals surface area contributed by atoms with Crippen LogP contribution in [0.15, 0.2) is 42.7 Å². The zero-order valence-electron chi connectivity index (χ0n) is 16.6. The minimum Gasteiger partial charge on any atom is -0.347 e.